The molecule has 140 valence electrons. The van der Waals surface area contributed by atoms with Gasteiger partial charge in [-0.15, -0.1) is 0 Å². The highest BCUT2D eigenvalue weighted by atomic mass is 15.1. The van der Waals surface area contributed by atoms with Crippen molar-refractivity contribution < 1.29 is 0 Å². The molecule has 1 aliphatic rings. The SMILES string of the molecule is Cc1ccc2c(c1)c1c(n2-c2ccccc2-c2ccncc2)CCN(C)CC1. The van der Waals surface area contributed by atoms with Crippen LogP contribution < -0.4 is 0 Å². The number of pyridine rings is 1. The van der Waals surface area contributed by atoms with Crippen LogP contribution in [0.4, 0.5) is 0 Å². The van der Waals surface area contributed by atoms with Crippen LogP contribution in [0.15, 0.2) is 67.0 Å². The second-order valence-corrected chi connectivity index (χ2v) is 7.84. The van der Waals surface area contributed by atoms with Crippen molar-refractivity contribution in [1.29, 1.82) is 0 Å². The topological polar surface area (TPSA) is 21.1 Å². The molecular weight excluding hydrogens is 342 g/mol. The Bertz CT molecular complexity index is 1140. The fourth-order valence-electron chi connectivity index (χ4n) is 4.49. The summed E-state index contributed by atoms with van der Waals surface area (Å²) in [6.45, 7) is 4.41. The van der Waals surface area contributed by atoms with Crippen molar-refractivity contribution in [2.75, 3.05) is 20.1 Å². The number of para-hydroxylation sites is 1. The van der Waals surface area contributed by atoms with Crippen LogP contribution in [0.5, 0.6) is 0 Å². The highest BCUT2D eigenvalue weighted by molar-refractivity contribution is 5.90. The predicted molar refractivity (Wildman–Crippen MR) is 116 cm³/mol. The van der Waals surface area contributed by atoms with Crippen molar-refractivity contribution in [2.45, 2.75) is 19.8 Å². The summed E-state index contributed by atoms with van der Waals surface area (Å²) in [6.07, 6.45) is 5.93. The third kappa shape index (κ3) is 2.83. The zero-order valence-electron chi connectivity index (χ0n) is 16.5. The van der Waals surface area contributed by atoms with E-state index in [1.54, 1.807) is 0 Å². The molecule has 0 bridgehead atoms. The van der Waals surface area contributed by atoms with Crippen LogP contribution >= 0.6 is 0 Å². The van der Waals surface area contributed by atoms with Crippen molar-refractivity contribution in [3.63, 3.8) is 0 Å². The number of likely N-dealkylation sites (N-methyl/N-ethyl adjacent to an activating group) is 1. The molecule has 3 nitrogen and oxygen atoms in total. The van der Waals surface area contributed by atoms with Gasteiger partial charge in [-0.2, -0.15) is 0 Å². The number of benzene rings is 2. The molecule has 0 saturated heterocycles. The van der Waals surface area contributed by atoms with E-state index in [4.69, 9.17) is 0 Å². The van der Waals surface area contributed by atoms with Crippen LogP contribution in [0.3, 0.4) is 0 Å². The second kappa shape index (κ2) is 6.92. The van der Waals surface area contributed by atoms with Crippen molar-refractivity contribution in [3.8, 4) is 16.8 Å². The van der Waals surface area contributed by atoms with Crippen molar-refractivity contribution >= 4 is 10.9 Å². The van der Waals surface area contributed by atoms with Gasteiger partial charge in [0.05, 0.1) is 11.2 Å². The Morgan fingerprint density at radius 1 is 0.893 bits per heavy atom. The fourth-order valence-corrected chi connectivity index (χ4v) is 4.49. The van der Waals surface area contributed by atoms with Gasteiger partial charge in [0.15, 0.2) is 0 Å². The fraction of sp³-hybridized carbons (Fsp3) is 0.240. The standard InChI is InChI=1S/C25H25N3/c1-18-7-8-24-22(17-18)21-11-15-27(2)16-12-25(21)28(24)23-6-4-3-5-20(23)19-9-13-26-14-10-19/h3-10,13-14,17H,11-12,15-16H2,1-2H3. The molecule has 0 saturated carbocycles. The number of rotatable bonds is 2. The minimum absolute atomic E-state index is 1.07. The molecule has 4 aromatic rings. The maximum atomic E-state index is 4.20. The molecule has 1 aliphatic heterocycles. The molecule has 5 rings (SSSR count). The third-order valence-electron chi connectivity index (χ3n) is 5.95. The van der Waals surface area contributed by atoms with Crippen LogP contribution in [0.1, 0.15) is 16.8 Å². The number of nitrogens with zero attached hydrogens (tertiary/aromatic N) is 3. The second-order valence-electron chi connectivity index (χ2n) is 7.84. The van der Waals surface area contributed by atoms with Crippen LogP contribution in [-0.4, -0.2) is 34.6 Å². The van der Waals surface area contributed by atoms with Gasteiger partial charge >= 0.3 is 0 Å². The Balaban J connectivity index is 1.82. The van der Waals surface area contributed by atoms with E-state index in [9.17, 15) is 0 Å². The monoisotopic (exact) mass is 367 g/mol. The largest absolute Gasteiger partial charge is 0.313 e. The summed E-state index contributed by atoms with van der Waals surface area (Å²) < 4.78 is 2.51. The summed E-state index contributed by atoms with van der Waals surface area (Å²) in [5, 5.41) is 1.41. The summed E-state index contributed by atoms with van der Waals surface area (Å²) in [6, 6.07) is 19.8. The molecule has 2 aromatic carbocycles. The van der Waals surface area contributed by atoms with Gasteiger partial charge < -0.3 is 9.47 Å². The van der Waals surface area contributed by atoms with E-state index in [1.165, 1.54) is 44.5 Å². The van der Waals surface area contributed by atoms with E-state index in [0.717, 1.165) is 25.9 Å². The Morgan fingerprint density at radius 2 is 1.68 bits per heavy atom. The molecular formula is C25H25N3. The maximum Gasteiger partial charge on any atom is 0.0537 e. The molecule has 0 aliphatic carbocycles. The Labute approximate surface area is 166 Å². The predicted octanol–water partition coefficient (Wildman–Crippen LogP) is 5.03. The van der Waals surface area contributed by atoms with Crippen molar-refractivity contribution in [1.82, 2.24) is 14.5 Å². The first-order valence-corrected chi connectivity index (χ1v) is 10.0. The molecule has 0 unspecified atom stereocenters. The van der Waals surface area contributed by atoms with Gasteiger partial charge in [-0.25, -0.2) is 0 Å². The average molecular weight is 367 g/mol. The molecule has 0 atom stereocenters. The molecule has 0 radical (unpaired) electrons. The summed E-state index contributed by atoms with van der Waals surface area (Å²) in [5.41, 5.74) is 9.35. The summed E-state index contributed by atoms with van der Waals surface area (Å²) in [7, 11) is 2.23. The van der Waals surface area contributed by atoms with Gasteiger partial charge in [-0.1, -0.05) is 29.8 Å². The van der Waals surface area contributed by atoms with E-state index in [-0.39, 0.29) is 0 Å². The Morgan fingerprint density at radius 3 is 2.54 bits per heavy atom. The minimum atomic E-state index is 1.07. The number of aryl methyl sites for hydroxylation is 1. The van der Waals surface area contributed by atoms with Crippen molar-refractivity contribution in [2.24, 2.45) is 0 Å². The van der Waals surface area contributed by atoms with E-state index in [0.29, 0.717) is 0 Å². The summed E-state index contributed by atoms with van der Waals surface area (Å²) in [4.78, 5) is 6.65. The van der Waals surface area contributed by atoms with Gasteiger partial charge in [0.2, 0.25) is 0 Å². The first-order chi connectivity index (χ1) is 13.7. The highest BCUT2D eigenvalue weighted by Crippen LogP contribution is 2.36. The molecule has 3 heteroatoms. The first kappa shape index (κ1) is 17.2. The summed E-state index contributed by atoms with van der Waals surface area (Å²) in [5.74, 6) is 0. The van der Waals surface area contributed by atoms with E-state index in [2.05, 4.69) is 83.0 Å². The van der Waals surface area contributed by atoms with E-state index >= 15 is 0 Å². The zero-order valence-corrected chi connectivity index (χ0v) is 16.5. The molecule has 2 aromatic heterocycles. The number of aromatic nitrogens is 2. The van der Waals surface area contributed by atoms with Crippen molar-refractivity contribution in [3.05, 3.63) is 83.8 Å². The third-order valence-corrected chi connectivity index (χ3v) is 5.95. The van der Waals surface area contributed by atoms with Gasteiger partial charge in [0, 0.05) is 48.5 Å². The number of hydrogen-bond donors (Lipinski definition) is 0. The normalized spacial score (nSPS) is 14.8. The first-order valence-electron chi connectivity index (χ1n) is 10.0. The smallest absolute Gasteiger partial charge is 0.0537 e. The molecule has 0 N–H and O–H groups in total. The molecule has 3 heterocycles. The average Bonchev–Trinajstić information content (AvgIpc) is 2.90. The van der Waals surface area contributed by atoms with Crippen LogP contribution in [-0.2, 0) is 12.8 Å². The lowest BCUT2D eigenvalue weighted by atomic mass is 10.0. The lowest BCUT2D eigenvalue weighted by Crippen LogP contribution is -2.21. The van der Waals surface area contributed by atoms with Gasteiger partial charge in [-0.05, 0) is 61.9 Å². The maximum absolute atomic E-state index is 4.20. The van der Waals surface area contributed by atoms with E-state index < -0.39 is 0 Å². The zero-order chi connectivity index (χ0) is 19.1. The van der Waals surface area contributed by atoms with Crippen LogP contribution in [0, 0.1) is 6.92 Å². The molecule has 0 fully saturated rings. The van der Waals surface area contributed by atoms with E-state index in [1.807, 2.05) is 12.4 Å². The highest BCUT2D eigenvalue weighted by Gasteiger charge is 2.22. The number of hydrogen-bond acceptors (Lipinski definition) is 2. The lowest BCUT2D eigenvalue weighted by molar-refractivity contribution is 0.351. The molecule has 0 amide bonds. The Hall–Kier alpha value is -2.91. The lowest BCUT2D eigenvalue weighted by Gasteiger charge is -2.17. The quantitative estimate of drug-likeness (QED) is 0.495. The summed E-state index contributed by atoms with van der Waals surface area (Å²) >= 11 is 0. The van der Waals surface area contributed by atoms with Gasteiger partial charge in [0.1, 0.15) is 0 Å². The number of fused-ring (bicyclic) bond motifs is 3. The van der Waals surface area contributed by atoms with Gasteiger partial charge in [-0.3, -0.25) is 4.98 Å². The Kier molecular flexibility index (Phi) is 4.25. The van der Waals surface area contributed by atoms with Gasteiger partial charge in [0.25, 0.3) is 0 Å². The van der Waals surface area contributed by atoms with Crippen LogP contribution in [0.25, 0.3) is 27.7 Å². The molecule has 28 heavy (non-hydrogen) atoms. The molecule has 0 spiro atoms. The minimum Gasteiger partial charge on any atom is -0.313 e. The van der Waals surface area contributed by atoms with Crippen LogP contribution in [0.2, 0.25) is 0 Å².